The minimum atomic E-state index is -1.05. The van der Waals surface area contributed by atoms with Gasteiger partial charge in [0.05, 0.1) is 29.3 Å². The van der Waals surface area contributed by atoms with Crippen molar-refractivity contribution in [3.05, 3.63) is 33.4 Å². The molecular weight excluding hydrogens is 226 g/mol. The van der Waals surface area contributed by atoms with Gasteiger partial charge < -0.3 is 15.9 Å². The minimum Gasteiger partial charge on any atom is -0.398 e. The van der Waals surface area contributed by atoms with E-state index in [9.17, 15) is 15.2 Å². The van der Waals surface area contributed by atoms with E-state index in [-0.39, 0.29) is 23.4 Å². The van der Waals surface area contributed by atoms with Gasteiger partial charge in [-0.1, -0.05) is 0 Å². The first-order chi connectivity index (χ1) is 7.99. The predicted molar refractivity (Wildman–Crippen MR) is 59.0 cm³/mol. The standard InChI is InChI=1S/C10H11N3O4/c11-4-6-1-7(13(16)17)2-10(12)9(6)3-8(15)5-14/h1-2,8,14-15H,3,5,12H2. The van der Waals surface area contributed by atoms with E-state index in [0.29, 0.717) is 5.56 Å². The van der Waals surface area contributed by atoms with Crippen molar-refractivity contribution in [1.82, 2.24) is 0 Å². The van der Waals surface area contributed by atoms with E-state index in [1.165, 1.54) is 0 Å². The van der Waals surface area contributed by atoms with Gasteiger partial charge in [-0.25, -0.2) is 0 Å². The van der Waals surface area contributed by atoms with Crippen LogP contribution >= 0.6 is 0 Å². The van der Waals surface area contributed by atoms with E-state index < -0.39 is 17.6 Å². The Balaban J connectivity index is 3.22. The number of rotatable bonds is 4. The Morgan fingerprint density at radius 3 is 2.71 bits per heavy atom. The van der Waals surface area contributed by atoms with Gasteiger partial charge >= 0.3 is 0 Å². The van der Waals surface area contributed by atoms with Crippen LogP contribution in [0, 0.1) is 21.4 Å². The number of nitrogens with zero attached hydrogens (tertiary/aromatic N) is 2. The molecule has 0 aliphatic carbocycles. The molecule has 1 unspecified atom stereocenters. The molecule has 0 radical (unpaired) electrons. The Morgan fingerprint density at radius 2 is 2.24 bits per heavy atom. The van der Waals surface area contributed by atoms with Gasteiger partial charge in [0, 0.05) is 24.2 Å². The van der Waals surface area contributed by atoms with Gasteiger partial charge in [0.1, 0.15) is 0 Å². The van der Waals surface area contributed by atoms with Crippen LogP contribution in [-0.4, -0.2) is 27.8 Å². The molecule has 0 spiro atoms. The number of nitrogen functional groups attached to an aromatic ring is 1. The number of nitriles is 1. The van der Waals surface area contributed by atoms with Gasteiger partial charge in [0.25, 0.3) is 5.69 Å². The molecule has 0 heterocycles. The molecule has 1 aromatic rings. The zero-order valence-corrected chi connectivity index (χ0v) is 8.83. The number of nitro benzene ring substituents is 1. The summed E-state index contributed by atoms with van der Waals surface area (Å²) in [6.45, 7) is -0.471. The quantitative estimate of drug-likeness (QED) is 0.381. The molecule has 7 heteroatoms. The van der Waals surface area contributed by atoms with Crippen LogP contribution in [0.1, 0.15) is 11.1 Å². The highest BCUT2D eigenvalue weighted by atomic mass is 16.6. The zero-order chi connectivity index (χ0) is 13.0. The third-order valence-electron chi connectivity index (χ3n) is 2.25. The van der Waals surface area contributed by atoms with Gasteiger partial charge in [0.2, 0.25) is 0 Å². The molecule has 0 aromatic heterocycles. The Labute approximate surface area is 96.9 Å². The fraction of sp³-hybridized carbons (Fsp3) is 0.300. The molecule has 1 atom stereocenters. The molecule has 90 valence electrons. The fourth-order valence-electron chi connectivity index (χ4n) is 1.41. The van der Waals surface area contributed by atoms with E-state index >= 15 is 0 Å². The van der Waals surface area contributed by atoms with Crippen molar-refractivity contribution >= 4 is 11.4 Å². The highest BCUT2D eigenvalue weighted by molar-refractivity contribution is 5.61. The molecule has 1 aromatic carbocycles. The first-order valence-electron chi connectivity index (χ1n) is 4.75. The summed E-state index contributed by atoms with van der Waals surface area (Å²) < 4.78 is 0. The average molecular weight is 237 g/mol. The normalized spacial score (nSPS) is 11.8. The largest absolute Gasteiger partial charge is 0.398 e. The van der Waals surface area contributed by atoms with Gasteiger partial charge in [-0.3, -0.25) is 10.1 Å². The molecule has 4 N–H and O–H groups in total. The molecule has 17 heavy (non-hydrogen) atoms. The molecule has 7 nitrogen and oxygen atoms in total. The van der Waals surface area contributed by atoms with Crippen molar-refractivity contribution in [2.24, 2.45) is 0 Å². The Bertz CT molecular complexity index is 481. The Morgan fingerprint density at radius 1 is 1.59 bits per heavy atom. The van der Waals surface area contributed by atoms with Crippen LogP contribution in [0.2, 0.25) is 0 Å². The van der Waals surface area contributed by atoms with Crippen LogP contribution in [-0.2, 0) is 6.42 Å². The number of nitro groups is 1. The summed E-state index contributed by atoms with van der Waals surface area (Å²) in [5.74, 6) is 0. The van der Waals surface area contributed by atoms with E-state index in [1.54, 1.807) is 6.07 Å². The van der Waals surface area contributed by atoms with Crippen molar-refractivity contribution in [1.29, 1.82) is 5.26 Å². The molecule has 1 rings (SSSR count). The maximum atomic E-state index is 10.6. The van der Waals surface area contributed by atoms with E-state index in [0.717, 1.165) is 12.1 Å². The number of benzene rings is 1. The monoisotopic (exact) mass is 237 g/mol. The topological polar surface area (TPSA) is 133 Å². The van der Waals surface area contributed by atoms with Gasteiger partial charge in [-0.05, 0) is 5.56 Å². The summed E-state index contributed by atoms with van der Waals surface area (Å²) >= 11 is 0. The lowest BCUT2D eigenvalue weighted by Gasteiger charge is -2.11. The highest BCUT2D eigenvalue weighted by Gasteiger charge is 2.17. The van der Waals surface area contributed by atoms with Gasteiger partial charge in [0.15, 0.2) is 0 Å². The lowest BCUT2D eigenvalue weighted by atomic mass is 9.99. The van der Waals surface area contributed by atoms with Crippen LogP contribution in [0.25, 0.3) is 0 Å². The van der Waals surface area contributed by atoms with E-state index in [1.807, 2.05) is 0 Å². The Hall–Kier alpha value is -2.17. The number of nitrogens with two attached hydrogens (primary N) is 1. The number of hydrogen-bond acceptors (Lipinski definition) is 6. The molecule has 0 saturated carbocycles. The molecular formula is C10H11N3O4. The third kappa shape index (κ3) is 2.90. The van der Waals surface area contributed by atoms with Gasteiger partial charge in [-0.2, -0.15) is 5.26 Å². The van der Waals surface area contributed by atoms with Crippen molar-refractivity contribution in [2.75, 3.05) is 12.3 Å². The second kappa shape index (κ2) is 5.25. The summed E-state index contributed by atoms with van der Waals surface area (Å²) in [6, 6.07) is 4.00. The predicted octanol–water partition coefficient (Wildman–Crippen LogP) is -0.0556. The molecule has 0 aliphatic heterocycles. The number of aliphatic hydroxyl groups excluding tert-OH is 2. The molecule has 0 fully saturated rings. The van der Waals surface area contributed by atoms with Crippen LogP contribution in [0.5, 0.6) is 0 Å². The smallest absolute Gasteiger partial charge is 0.272 e. The van der Waals surface area contributed by atoms with Crippen LogP contribution in [0.4, 0.5) is 11.4 Å². The maximum absolute atomic E-state index is 10.6. The highest BCUT2D eigenvalue weighted by Crippen LogP contribution is 2.25. The lowest BCUT2D eigenvalue weighted by molar-refractivity contribution is -0.384. The number of aliphatic hydroxyl groups is 2. The number of anilines is 1. The van der Waals surface area contributed by atoms with E-state index in [4.69, 9.17) is 16.1 Å². The summed E-state index contributed by atoms with van der Waals surface area (Å²) in [4.78, 5) is 9.91. The van der Waals surface area contributed by atoms with Crippen molar-refractivity contribution in [2.45, 2.75) is 12.5 Å². The van der Waals surface area contributed by atoms with Crippen LogP contribution in [0.3, 0.4) is 0 Å². The zero-order valence-electron chi connectivity index (χ0n) is 8.83. The van der Waals surface area contributed by atoms with Crippen molar-refractivity contribution < 1.29 is 15.1 Å². The SMILES string of the molecule is N#Cc1cc([N+](=O)[O-])cc(N)c1CC(O)CO. The minimum absolute atomic E-state index is 0.0246. The van der Waals surface area contributed by atoms with Gasteiger partial charge in [-0.15, -0.1) is 0 Å². The first kappa shape index (κ1) is 12.9. The van der Waals surface area contributed by atoms with Crippen molar-refractivity contribution in [3.8, 4) is 6.07 Å². The molecule has 0 aliphatic rings. The summed E-state index contributed by atoms with van der Waals surface area (Å²) in [6.07, 6.45) is -1.07. The molecule has 0 amide bonds. The second-order valence-electron chi connectivity index (χ2n) is 3.47. The maximum Gasteiger partial charge on any atom is 0.272 e. The second-order valence-corrected chi connectivity index (χ2v) is 3.47. The van der Waals surface area contributed by atoms with Crippen molar-refractivity contribution in [3.63, 3.8) is 0 Å². The summed E-state index contributed by atoms with van der Waals surface area (Å²) in [7, 11) is 0. The summed E-state index contributed by atoms with van der Waals surface area (Å²) in [5.41, 5.74) is 5.71. The molecule has 0 bridgehead atoms. The third-order valence-corrected chi connectivity index (χ3v) is 2.25. The van der Waals surface area contributed by atoms with Crippen LogP contribution < -0.4 is 5.73 Å². The first-order valence-corrected chi connectivity index (χ1v) is 4.75. The Kier molecular flexibility index (Phi) is 3.98. The number of non-ortho nitro benzene ring substituents is 1. The fourth-order valence-corrected chi connectivity index (χ4v) is 1.41. The average Bonchev–Trinajstić information content (AvgIpc) is 2.30. The number of hydrogen-bond donors (Lipinski definition) is 3. The van der Waals surface area contributed by atoms with E-state index in [2.05, 4.69) is 0 Å². The van der Waals surface area contributed by atoms with Crippen LogP contribution in [0.15, 0.2) is 12.1 Å². The summed E-state index contributed by atoms with van der Waals surface area (Å²) in [5, 5.41) is 37.4. The molecule has 0 saturated heterocycles. The lowest BCUT2D eigenvalue weighted by Crippen LogP contribution is -2.17.